The van der Waals surface area contributed by atoms with Crippen LogP contribution in [0.2, 0.25) is 0 Å². The lowest BCUT2D eigenvalue weighted by atomic mass is 9.99. The second kappa shape index (κ2) is 9.50. The molecule has 28 heavy (non-hydrogen) atoms. The van der Waals surface area contributed by atoms with Gasteiger partial charge in [-0.05, 0) is 60.1 Å². The molecule has 0 saturated heterocycles. The third kappa shape index (κ3) is 4.78. The fourth-order valence-electron chi connectivity index (χ4n) is 3.16. The number of hydrogen-bond acceptors (Lipinski definition) is 1. The predicted octanol–water partition coefficient (Wildman–Crippen LogP) is 6.77. The van der Waals surface area contributed by atoms with Crippen LogP contribution in [0.25, 0.3) is 11.1 Å². The first-order chi connectivity index (χ1) is 13.6. The number of aryl methyl sites for hydroxylation is 3. The molecule has 0 amide bonds. The molecule has 146 valence electrons. The van der Waals surface area contributed by atoms with E-state index in [-0.39, 0.29) is 11.3 Å². The Morgan fingerprint density at radius 2 is 1.25 bits per heavy atom. The summed E-state index contributed by atoms with van der Waals surface area (Å²) in [6.07, 6.45) is 3.65. The van der Waals surface area contributed by atoms with Crippen molar-refractivity contribution in [1.29, 1.82) is 0 Å². The van der Waals surface area contributed by atoms with Crippen molar-refractivity contribution in [3.05, 3.63) is 89.0 Å². The van der Waals surface area contributed by atoms with Gasteiger partial charge in [-0.1, -0.05) is 62.4 Å². The van der Waals surface area contributed by atoms with Crippen LogP contribution in [0, 0.1) is 11.6 Å². The summed E-state index contributed by atoms with van der Waals surface area (Å²) < 4.78 is 33.9. The minimum absolute atomic E-state index is 0.0335. The van der Waals surface area contributed by atoms with Gasteiger partial charge in [-0.15, -0.1) is 0 Å². The van der Waals surface area contributed by atoms with Crippen molar-refractivity contribution in [2.75, 3.05) is 6.61 Å². The first-order valence-electron chi connectivity index (χ1n) is 9.90. The standard InChI is InChI=1S/C25H26F2O/c1-3-17-28-23-16-15-22(24(26)25(23)27)21-13-11-20(12-14-21)10-9-19-7-5-18(4-2)6-8-19/h5-8,11-16H,3-4,9-10,17H2,1-2H3. The van der Waals surface area contributed by atoms with Gasteiger partial charge in [0.05, 0.1) is 6.61 Å². The molecule has 0 heterocycles. The fraction of sp³-hybridized carbons (Fsp3) is 0.280. The Balaban J connectivity index is 1.69. The van der Waals surface area contributed by atoms with Crippen LogP contribution in [-0.4, -0.2) is 6.61 Å². The van der Waals surface area contributed by atoms with E-state index in [2.05, 4.69) is 31.2 Å². The van der Waals surface area contributed by atoms with E-state index in [1.54, 1.807) is 6.07 Å². The van der Waals surface area contributed by atoms with Gasteiger partial charge in [-0.3, -0.25) is 0 Å². The third-order valence-corrected chi connectivity index (χ3v) is 4.91. The van der Waals surface area contributed by atoms with Crippen molar-refractivity contribution in [2.24, 2.45) is 0 Å². The Kier molecular flexibility index (Phi) is 6.80. The molecule has 0 aliphatic rings. The molecule has 0 aliphatic heterocycles. The van der Waals surface area contributed by atoms with Crippen LogP contribution in [0.1, 0.15) is 37.0 Å². The molecule has 0 fully saturated rings. The monoisotopic (exact) mass is 380 g/mol. The summed E-state index contributed by atoms with van der Waals surface area (Å²) in [7, 11) is 0. The predicted molar refractivity (Wildman–Crippen MR) is 111 cm³/mol. The van der Waals surface area contributed by atoms with Gasteiger partial charge in [0, 0.05) is 5.56 Å². The molecule has 0 unspecified atom stereocenters. The first kappa shape index (κ1) is 20.1. The molecular weight excluding hydrogens is 354 g/mol. The molecule has 0 spiro atoms. The highest BCUT2D eigenvalue weighted by Crippen LogP contribution is 2.30. The van der Waals surface area contributed by atoms with Gasteiger partial charge in [0.15, 0.2) is 11.6 Å². The van der Waals surface area contributed by atoms with E-state index in [1.165, 1.54) is 22.8 Å². The van der Waals surface area contributed by atoms with Crippen LogP contribution in [0.5, 0.6) is 5.75 Å². The summed E-state index contributed by atoms with van der Waals surface area (Å²) in [5, 5.41) is 0. The average molecular weight is 380 g/mol. The molecule has 0 bridgehead atoms. The fourth-order valence-corrected chi connectivity index (χ4v) is 3.16. The second-order valence-electron chi connectivity index (χ2n) is 6.95. The van der Waals surface area contributed by atoms with Crippen molar-refractivity contribution >= 4 is 0 Å². The molecule has 0 radical (unpaired) electrons. The summed E-state index contributed by atoms with van der Waals surface area (Å²) in [5.74, 6) is -1.82. The van der Waals surface area contributed by atoms with Crippen LogP contribution < -0.4 is 4.74 Å². The second-order valence-corrected chi connectivity index (χ2v) is 6.95. The molecule has 3 rings (SSSR count). The smallest absolute Gasteiger partial charge is 0.201 e. The summed E-state index contributed by atoms with van der Waals surface area (Å²) in [6, 6.07) is 19.4. The van der Waals surface area contributed by atoms with Crippen LogP contribution in [-0.2, 0) is 19.3 Å². The molecule has 0 aliphatic carbocycles. The molecule has 0 atom stereocenters. The maximum Gasteiger partial charge on any atom is 0.201 e. The van der Waals surface area contributed by atoms with Crippen LogP contribution in [0.15, 0.2) is 60.7 Å². The van der Waals surface area contributed by atoms with Crippen molar-refractivity contribution < 1.29 is 13.5 Å². The molecular formula is C25H26F2O. The highest BCUT2D eigenvalue weighted by atomic mass is 19.2. The lowest BCUT2D eigenvalue weighted by molar-refractivity contribution is 0.295. The minimum Gasteiger partial charge on any atom is -0.490 e. The van der Waals surface area contributed by atoms with Crippen LogP contribution in [0.4, 0.5) is 8.78 Å². The number of rotatable bonds is 8. The molecule has 0 N–H and O–H groups in total. The number of halogens is 2. The lowest BCUT2D eigenvalue weighted by Gasteiger charge is -2.10. The third-order valence-electron chi connectivity index (χ3n) is 4.91. The highest BCUT2D eigenvalue weighted by molar-refractivity contribution is 5.65. The zero-order valence-electron chi connectivity index (χ0n) is 16.5. The number of ether oxygens (including phenoxy) is 1. The van der Waals surface area contributed by atoms with Crippen LogP contribution in [0.3, 0.4) is 0 Å². The Morgan fingerprint density at radius 3 is 1.82 bits per heavy atom. The maximum atomic E-state index is 14.5. The average Bonchev–Trinajstić information content (AvgIpc) is 2.74. The molecule has 3 aromatic rings. The summed E-state index contributed by atoms with van der Waals surface area (Å²) in [6.45, 7) is 4.44. The maximum absolute atomic E-state index is 14.5. The lowest BCUT2D eigenvalue weighted by Crippen LogP contribution is -2.00. The van der Waals surface area contributed by atoms with E-state index in [4.69, 9.17) is 4.74 Å². The molecule has 1 nitrogen and oxygen atoms in total. The van der Waals surface area contributed by atoms with E-state index in [0.717, 1.165) is 25.7 Å². The van der Waals surface area contributed by atoms with Gasteiger partial charge in [-0.2, -0.15) is 4.39 Å². The summed E-state index contributed by atoms with van der Waals surface area (Å²) in [5.41, 5.74) is 4.73. The largest absolute Gasteiger partial charge is 0.490 e. The van der Waals surface area contributed by atoms with Gasteiger partial charge >= 0.3 is 0 Å². The van der Waals surface area contributed by atoms with Gasteiger partial charge in [-0.25, -0.2) is 4.39 Å². The minimum atomic E-state index is -0.925. The highest BCUT2D eigenvalue weighted by Gasteiger charge is 2.15. The number of benzene rings is 3. The SMILES string of the molecule is CCCOc1ccc(-c2ccc(CCc3ccc(CC)cc3)cc2)c(F)c1F. The number of hydrogen-bond donors (Lipinski definition) is 0. The quantitative estimate of drug-likeness (QED) is 0.419. The molecule has 3 aromatic carbocycles. The van der Waals surface area contributed by atoms with Gasteiger partial charge in [0.25, 0.3) is 0 Å². The van der Waals surface area contributed by atoms with Crippen molar-refractivity contribution in [3.63, 3.8) is 0 Å². The zero-order chi connectivity index (χ0) is 19.9. The van der Waals surface area contributed by atoms with Crippen molar-refractivity contribution in [1.82, 2.24) is 0 Å². The van der Waals surface area contributed by atoms with Gasteiger partial charge in [0.1, 0.15) is 0 Å². The van der Waals surface area contributed by atoms with E-state index >= 15 is 0 Å². The van der Waals surface area contributed by atoms with Crippen molar-refractivity contribution in [3.8, 4) is 16.9 Å². The Labute approximate surface area is 166 Å². The van der Waals surface area contributed by atoms with E-state index < -0.39 is 11.6 Å². The molecule has 0 aromatic heterocycles. The topological polar surface area (TPSA) is 9.23 Å². The van der Waals surface area contributed by atoms with Crippen LogP contribution >= 0.6 is 0 Å². The Hall–Kier alpha value is -2.68. The molecule has 0 saturated carbocycles. The summed E-state index contributed by atoms with van der Waals surface area (Å²) in [4.78, 5) is 0. The Morgan fingerprint density at radius 1 is 0.679 bits per heavy atom. The van der Waals surface area contributed by atoms with E-state index in [9.17, 15) is 8.78 Å². The van der Waals surface area contributed by atoms with Gasteiger partial charge in [0.2, 0.25) is 5.82 Å². The zero-order valence-corrected chi connectivity index (χ0v) is 16.5. The normalized spacial score (nSPS) is 10.9. The Bertz CT molecular complexity index is 899. The van der Waals surface area contributed by atoms with Crippen molar-refractivity contribution in [2.45, 2.75) is 39.5 Å². The molecule has 3 heteroatoms. The first-order valence-corrected chi connectivity index (χ1v) is 9.90. The van der Waals surface area contributed by atoms with E-state index in [0.29, 0.717) is 12.2 Å². The summed E-state index contributed by atoms with van der Waals surface area (Å²) >= 11 is 0. The van der Waals surface area contributed by atoms with Gasteiger partial charge < -0.3 is 4.74 Å². The van der Waals surface area contributed by atoms with E-state index in [1.807, 2.05) is 31.2 Å².